The molecule has 0 atom stereocenters. The van der Waals surface area contributed by atoms with Crippen LogP contribution in [-0.4, -0.2) is 19.1 Å². The van der Waals surface area contributed by atoms with Gasteiger partial charge in [0.2, 0.25) is 0 Å². The van der Waals surface area contributed by atoms with Crippen LogP contribution in [0, 0.1) is 0 Å². The Hall–Kier alpha value is -0.410. The Balaban J connectivity index is 2.87. The van der Waals surface area contributed by atoms with E-state index in [0.29, 0.717) is 5.50 Å². The van der Waals surface area contributed by atoms with Crippen LogP contribution in [0.1, 0.15) is 0 Å². The van der Waals surface area contributed by atoms with Gasteiger partial charge in [0.05, 0.1) is 20.5 Å². The molecule has 0 radical (unpaired) electrons. The van der Waals surface area contributed by atoms with Crippen molar-refractivity contribution in [1.29, 1.82) is 0 Å². The molecule has 5 heteroatoms. The van der Waals surface area contributed by atoms with Crippen molar-refractivity contribution in [3.05, 3.63) is 18.4 Å². The van der Waals surface area contributed by atoms with Crippen LogP contribution in [0.15, 0.2) is 22.8 Å². The lowest BCUT2D eigenvalue weighted by Gasteiger charge is -2.07. The molecule has 1 aromatic heterocycles. The maximum atomic E-state index is 9.56. The van der Waals surface area contributed by atoms with E-state index in [0.717, 1.165) is 0 Å². The van der Waals surface area contributed by atoms with Gasteiger partial charge in [0.1, 0.15) is 0 Å². The van der Waals surface area contributed by atoms with E-state index >= 15 is 0 Å². The molecular weight excluding hydrogens is 167 g/mol. The van der Waals surface area contributed by atoms with Crippen LogP contribution in [0.3, 0.4) is 0 Å². The predicted octanol–water partition coefficient (Wildman–Crippen LogP) is 0.953. The maximum absolute atomic E-state index is 9.56. The van der Waals surface area contributed by atoms with Gasteiger partial charge in [-0.05, 0) is 6.07 Å². The van der Waals surface area contributed by atoms with Crippen LogP contribution in [0.4, 0.5) is 0 Å². The predicted molar refractivity (Wildman–Crippen MR) is 41.5 cm³/mol. The third-order valence-corrected chi connectivity index (χ3v) is 3.08. The second-order valence-electron chi connectivity index (χ2n) is 1.84. The Kier molecular flexibility index (Phi) is 2.62. The van der Waals surface area contributed by atoms with E-state index in [2.05, 4.69) is 0 Å². The molecule has 0 aromatic carbocycles. The highest BCUT2D eigenvalue weighted by molar-refractivity contribution is 7.68. The van der Waals surface area contributed by atoms with Gasteiger partial charge < -0.3 is 4.42 Å². The molecule has 0 aliphatic heterocycles. The summed E-state index contributed by atoms with van der Waals surface area (Å²) in [7, 11) is -0.153. The summed E-state index contributed by atoms with van der Waals surface area (Å²) < 4.78 is 14.5. The first-order valence-corrected chi connectivity index (χ1v) is 4.58. The van der Waals surface area contributed by atoms with Crippen molar-refractivity contribution in [2.24, 2.45) is 0 Å². The van der Waals surface area contributed by atoms with Crippen molar-refractivity contribution >= 4 is 13.4 Å². The second kappa shape index (κ2) is 3.32. The SMILES string of the molecule is CO[P+](O)(OC)c1ccco1. The molecule has 11 heavy (non-hydrogen) atoms. The van der Waals surface area contributed by atoms with E-state index in [-0.39, 0.29) is 0 Å². The summed E-state index contributed by atoms with van der Waals surface area (Å²) in [6.45, 7) is 0. The number of furan rings is 1. The van der Waals surface area contributed by atoms with Crippen molar-refractivity contribution in [2.45, 2.75) is 0 Å². The van der Waals surface area contributed by atoms with Crippen molar-refractivity contribution in [3.8, 4) is 0 Å². The quantitative estimate of drug-likeness (QED) is 0.698. The third kappa shape index (κ3) is 1.60. The van der Waals surface area contributed by atoms with Gasteiger partial charge in [-0.3, -0.25) is 0 Å². The molecule has 1 aromatic rings. The van der Waals surface area contributed by atoms with E-state index in [4.69, 9.17) is 13.5 Å². The van der Waals surface area contributed by atoms with Gasteiger partial charge >= 0.3 is 13.4 Å². The highest BCUT2D eigenvalue weighted by Gasteiger charge is 2.45. The van der Waals surface area contributed by atoms with Crippen LogP contribution in [0.5, 0.6) is 0 Å². The molecule has 0 saturated heterocycles. The zero-order valence-corrected chi connectivity index (χ0v) is 7.25. The minimum atomic E-state index is -2.90. The molecule has 0 aliphatic carbocycles. The summed E-state index contributed by atoms with van der Waals surface area (Å²) in [6.07, 6.45) is 1.46. The van der Waals surface area contributed by atoms with E-state index in [9.17, 15) is 4.89 Å². The first-order valence-electron chi connectivity index (χ1n) is 3.00. The average Bonchev–Trinajstić information content (AvgIpc) is 2.55. The fourth-order valence-electron chi connectivity index (χ4n) is 0.685. The van der Waals surface area contributed by atoms with Gasteiger partial charge in [0, 0.05) is 6.07 Å². The largest absolute Gasteiger partial charge is 0.483 e. The molecule has 1 rings (SSSR count). The van der Waals surface area contributed by atoms with Gasteiger partial charge in [-0.25, -0.2) is 0 Å². The molecule has 0 spiro atoms. The summed E-state index contributed by atoms with van der Waals surface area (Å²) in [5.74, 6) is 0. The molecule has 62 valence electrons. The van der Waals surface area contributed by atoms with Crippen LogP contribution >= 0.6 is 7.94 Å². The van der Waals surface area contributed by atoms with Crippen molar-refractivity contribution in [2.75, 3.05) is 14.2 Å². The van der Waals surface area contributed by atoms with Gasteiger partial charge in [-0.1, -0.05) is 0 Å². The first-order chi connectivity index (χ1) is 5.23. The topological polar surface area (TPSA) is 51.8 Å². The summed E-state index contributed by atoms with van der Waals surface area (Å²) in [5, 5.41) is 0. The zero-order valence-electron chi connectivity index (χ0n) is 6.35. The van der Waals surface area contributed by atoms with Gasteiger partial charge in [0.15, 0.2) is 0 Å². The first kappa shape index (κ1) is 8.68. The molecule has 0 amide bonds. The average molecular weight is 177 g/mol. The Labute approximate surface area is 65.3 Å². The lowest BCUT2D eigenvalue weighted by molar-refractivity contribution is 0.247. The van der Waals surface area contributed by atoms with Crippen LogP contribution in [-0.2, 0) is 9.05 Å². The lowest BCUT2D eigenvalue weighted by Crippen LogP contribution is -2.11. The number of hydrogen-bond acceptors (Lipinski definition) is 4. The normalized spacial score (nSPS) is 11.9. The Morgan fingerprint density at radius 2 is 2.09 bits per heavy atom. The molecule has 4 nitrogen and oxygen atoms in total. The summed E-state index contributed by atoms with van der Waals surface area (Å²) in [6, 6.07) is 3.28. The van der Waals surface area contributed by atoms with Gasteiger partial charge in [-0.2, -0.15) is 13.9 Å². The fourth-order valence-corrected chi connectivity index (χ4v) is 1.66. The van der Waals surface area contributed by atoms with Gasteiger partial charge in [-0.15, -0.1) is 0 Å². The van der Waals surface area contributed by atoms with Crippen LogP contribution < -0.4 is 5.50 Å². The third-order valence-electron chi connectivity index (χ3n) is 1.28. The zero-order chi connectivity index (χ0) is 8.32. The second-order valence-corrected chi connectivity index (χ2v) is 4.05. The van der Waals surface area contributed by atoms with E-state index in [1.54, 1.807) is 12.1 Å². The lowest BCUT2D eigenvalue weighted by atomic mass is 10.7. The minimum absolute atomic E-state index is 0.336. The van der Waals surface area contributed by atoms with Crippen molar-refractivity contribution < 1.29 is 18.4 Å². The van der Waals surface area contributed by atoms with Crippen molar-refractivity contribution in [3.63, 3.8) is 0 Å². The molecule has 0 fully saturated rings. The molecular formula is C6H10O4P+. The fraction of sp³-hybridized carbons (Fsp3) is 0.333. The molecule has 1 heterocycles. The molecule has 0 aliphatic rings. The molecule has 0 unspecified atom stereocenters. The molecule has 1 N–H and O–H groups in total. The van der Waals surface area contributed by atoms with E-state index in [1.165, 1.54) is 20.5 Å². The van der Waals surface area contributed by atoms with Crippen LogP contribution in [0.2, 0.25) is 0 Å². The Morgan fingerprint density at radius 1 is 1.45 bits per heavy atom. The number of hydrogen-bond donors (Lipinski definition) is 1. The van der Waals surface area contributed by atoms with E-state index in [1.807, 2.05) is 0 Å². The highest BCUT2D eigenvalue weighted by atomic mass is 31.2. The molecule has 0 saturated carbocycles. The maximum Gasteiger partial charge on any atom is 0.483 e. The van der Waals surface area contributed by atoms with E-state index < -0.39 is 7.94 Å². The monoisotopic (exact) mass is 177 g/mol. The van der Waals surface area contributed by atoms with Gasteiger partial charge in [0.25, 0.3) is 0 Å². The Morgan fingerprint density at radius 3 is 2.45 bits per heavy atom. The summed E-state index contributed by atoms with van der Waals surface area (Å²) >= 11 is 0. The smallest absolute Gasteiger partial charge is 0.429 e. The summed E-state index contributed by atoms with van der Waals surface area (Å²) in [5.41, 5.74) is 0.336. The summed E-state index contributed by atoms with van der Waals surface area (Å²) in [4.78, 5) is 9.56. The van der Waals surface area contributed by atoms with Crippen molar-refractivity contribution in [1.82, 2.24) is 0 Å². The number of rotatable bonds is 3. The van der Waals surface area contributed by atoms with Crippen LogP contribution in [0.25, 0.3) is 0 Å². The standard InChI is InChI=1S/C6H10O4P/c1-8-11(7,9-2)6-4-3-5-10-6/h3-5,7H,1-2H3/q+1. The minimum Gasteiger partial charge on any atom is -0.429 e. The highest BCUT2D eigenvalue weighted by Crippen LogP contribution is 2.53. The Bertz CT molecular complexity index is 204. The molecule has 0 bridgehead atoms.